The Labute approximate surface area is 182 Å². The van der Waals surface area contributed by atoms with Crippen LogP contribution in [0.5, 0.6) is 5.75 Å². The van der Waals surface area contributed by atoms with Crippen LogP contribution >= 0.6 is 0 Å². The second-order valence-corrected chi connectivity index (χ2v) is 7.70. The van der Waals surface area contributed by atoms with Crippen LogP contribution in [0.3, 0.4) is 0 Å². The standard InChI is InChI=1S/C24H28N2O5/c1-15(2)31-13-7-12-26-21(19-8-5-6-11-25-19)20(23(28)24(26)29)22(27)18-10-9-17(30-4)14-16(18)3/h5-6,8-11,14-15,21,27H,7,12-13H2,1-4H3/b22-20-. The van der Waals surface area contributed by atoms with Crippen molar-refractivity contribution < 1.29 is 24.2 Å². The van der Waals surface area contributed by atoms with Crippen LogP contribution in [-0.4, -0.2) is 53.0 Å². The van der Waals surface area contributed by atoms with E-state index < -0.39 is 17.7 Å². The molecule has 1 aromatic heterocycles. The van der Waals surface area contributed by atoms with Crippen LogP contribution in [0.15, 0.2) is 48.2 Å². The van der Waals surface area contributed by atoms with Crippen LogP contribution in [0, 0.1) is 6.92 Å². The monoisotopic (exact) mass is 424 g/mol. The molecule has 1 aromatic carbocycles. The number of carbonyl (C=O) groups excluding carboxylic acids is 2. The van der Waals surface area contributed by atoms with Gasteiger partial charge >= 0.3 is 0 Å². The molecule has 1 atom stereocenters. The first-order valence-corrected chi connectivity index (χ1v) is 10.3. The lowest BCUT2D eigenvalue weighted by Gasteiger charge is -2.24. The maximum atomic E-state index is 13.0. The fraction of sp³-hybridized carbons (Fsp3) is 0.375. The molecule has 0 spiro atoms. The molecule has 1 fully saturated rings. The van der Waals surface area contributed by atoms with Crippen molar-refractivity contribution in [2.24, 2.45) is 0 Å². The van der Waals surface area contributed by atoms with Gasteiger partial charge in [0.15, 0.2) is 0 Å². The summed E-state index contributed by atoms with van der Waals surface area (Å²) in [7, 11) is 1.56. The third kappa shape index (κ3) is 4.77. The number of hydrogen-bond acceptors (Lipinski definition) is 6. The summed E-state index contributed by atoms with van der Waals surface area (Å²) < 4.78 is 10.8. The summed E-state index contributed by atoms with van der Waals surface area (Å²) in [4.78, 5) is 31.7. The van der Waals surface area contributed by atoms with E-state index in [0.29, 0.717) is 36.6 Å². The number of rotatable bonds is 8. The number of aliphatic hydroxyl groups is 1. The summed E-state index contributed by atoms with van der Waals surface area (Å²) in [6.07, 6.45) is 2.26. The topological polar surface area (TPSA) is 89.0 Å². The van der Waals surface area contributed by atoms with Crippen molar-refractivity contribution in [2.45, 2.75) is 39.3 Å². The van der Waals surface area contributed by atoms with Crippen molar-refractivity contribution in [3.63, 3.8) is 0 Å². The van der Waals surface area contributed by atoms with Gasteiger partial charge in [-0.3, -0.25) is 14.6 Å². The van der Waals surface area contributed by atoms with Crippen LogP contribution in [0.4, 0.5) is 0 Å². The predicted molar refractivity (Wildman–Crippen MR) is 117 cm³/mol. The number of aromatic nitrogens is 1. The molecule has 2 aromatic rings. The number of nitrogens with zero attached hydrogens (tertiary/aromatic N) is 2. The average molecular weight is 424 g/mol. The quantitative estimate of drug-likeness (QED) is 0.301. The lowest BCUT2D eigenvalue weighted by molar-refractivity contribution is -0.140. The van der Waals surface area contributed by atoms with E-state index >= 15 is 0 Å². The maximum Gasteiger partial charge on any atom is 0.295 e. The molecule has 1 aliphatic heterocycles. The smallest absolute Gasteiger partial charge is 0.295 e. The highest BCUT2D eigenvalue weighted by atomic mass is 16.5. The number of methoxy groups -OCH3 is 1. The highest BCUT2D eigenvalue weighted by Crippen LogP contribution is 2.39. The predicted octanol–water partition coefficient (Wildman–Crippen LogP) is 3.64. The Morgan fingerprint density at radius 2 is 2.00 bits per heavy atom. The molecular formula is C24H28N2O5. The van der Waals surface area contributed by atoms with Gasteiger partial charge in [-0.1, -0.05) is 6.07 Å². The van der Waals surface area contributed by atoms with Crippen LogP contribution in [0.2, 0.25) is 0 Å². The van der Waals surface area contributed by atoms with E-state index in [1.54, 1.807) is 49.7 Å². The molecule has 1 unspecified atom stereocenters. The van der Waals surface area contributed by atoms with E-state index in [1.807, 2.05) is 20.8 Å². The molecule has 2 heterocycles. The molecule has 164 valence electrons. The van der Waals surface area contributed by atoms with Gasteiger partial charge < -0.3 is 19.5 Å². The molecule has 3 rings (SSSR count). The summed E-state index contributed by atoms with van der Waals surface area (Å²) >= 11 is 0. The van der Waals surface area contributed by atoms with Gasteiger partial charge in [0.2, 0.25) is 0 Å². The Hall–Kier alpha value is -3.19. The number of ketones is 1. The van der Waals surface area contributed by atoms with E-state index in [4.69, 9.17) is 9.47 Å². The van der Waals surface area contributed by atoms with Crippen LogP contribution in [0.1, 0.15) is 43.1 Å². The van der Waals surface area contributed by atoms with Crippen molar-refractivity contribution in [3.8, 4) is 5.75 Å². The van der Waals surface area contributed by atoms with Crippen LogP contribution < -0.4 is 4.74 Å². The zero-order valence-corrected chi connectivity index (χ0v) is 18.3. The minimum absolute atomic E-state index is 0.0433. The number of ether oxygens (including phenoxy) is 2. The summed E-state index contributed by atoms with van der Waals surface area (Å²) in [5.41, 5.74) is 1.77. The molecule has 1 amide bonds. The number of likely N-dealkylation sites (tertiary alicyclic amines) is 1. The number of aliphatic hydroxyl groups excluding tert-OH is 1. The van der Waals surface area contributed by atoms with Crippen LogP contribution in [0.25, 0.3) is 5.76 Å². The minimum atomic E-state index is -0.762. The Morgan fingerprint density at radius 3 is 2.61 bits per heavy atom. The average Bonchev–Trinajstić information content (AvgIpc) is 3.01. The van der Waals surface area contributed by atoms with E-state index in [2.05, 4.69) is 4.98 Å². The number of aryl methyl sites for hydroxylation is 1. The first kappa shape index (κ1) is 22.5. The normalized spacial score (nSPS) is 18.1. The summed E-state index contributed by atoms with van der Waals surface area (Å²) in [5, 5.41) is 11.1. The molecule has 0 saturated carbocycles. The Kier molecular flexibility index (Phi) is 7.07. The van der Waals surface area contributed by atoms with Crippen molar-refractivity contribution in [2.75, 3.05) is 20.3 Å². The van der Waals surface area contributed by atoms with Crippen molar-refractivity contribution in [3.05, 3.63) is 65.0 Å². The second kappa shape index (κ2) is 9.75. The van der Waals surface area contributed by atoms with Crippen molar-refractivity contribution >= 4 is 17.4 Å². The Balaban J connectivity index is 2.04. The van der Waals surface area contributed by atoms with Crippen molar-refractivity contribution in [1.29, 1.82) is 0 Å². The molecule has 1 N–H and O–H groups in total. The summed E-state index contributed by atoms with van der Waals surface area (Å²) in [6.45, 7) is 6.48. The summed E-state index contributed by atoms with van der Waals surface area (Å²) in [6, 6.07) is 9.71. The molecular weight excluding hydrogens is 396 g/mol. The van der Waals surface area contributed by atoms with Gasteiger partial charge in [0, 0.05) is 24.9 Å². The van der Waals surface area contributed by atoms with Crippen LogP contribution in [-0.2, 0) is 14.3 Å². The fourth-order valence-electron chi connectivity index (χ4n) is 3.68. The zero-order valence-electron chi connectivity index (χ0n) is 18.3. The number of hydrogen-bond donors (Lipinski definition) is 1. The Morgan fingerprint density at radius 1 is 1.23 bits per heavy atom. The first-order valence-electron chi connectivity index (χ1n) is 10.3. The minimum Gasteiger partial charge on any atom is -0.507 e. The molecule has 31 heavy (non-hydrogen) atoms. The highest BCUT2D eigenvalue weighted by Gasteiger charge is 2.46. The van der Waals surface area contributed by atoms with E-state index in [0.717, 1.165) is 5.56 Å². The number of carbonyl (C=O) groups is 2. The number of Topliss-reactive ketones (excluding diaryl/α,β-unsaturated/α-hetero) is 1. The lowest BCUT2D eigenvalue weighted by atomic mass is 9.96. The highest BCUT2D eigenvalue weighted by molar-refractivity contribution is 6.46. The van der Waals surface area contributed by atoms with E-state index in [1.165, 1.54) is 4.90 Å². The molecule has 1 aliphatic rings. The van der Waals surface area contributed by atoms with Gasteiger partial charge in [0.25, 0.3) is 11.7 Å². The summed E-state index contributed by atoms with van der Waals surface area (Å²) in [5.74, 6) is -0.933. The van der Waals surface area contributed by atoms with Crippen molar-refractivity contribution in [1.82, 2.24) is 9.88 Å². The molecule has 7 nitrogen and oxygen atoms in total. The van der Waals surface area contributed by atoms with E-state index in [9.17, 15) is 14.7 Å². The number of benzene rings is 1. The lowest BCUT2D eigenvalue weighted by Crippen LogP contribution is -2.31. The molecule has 1 saturated heterocycles. The van der Waals surface area contributed by atoms with Gasteiger partial charge in [0.05, 0.1) is 24.5 Å². The van der Waals surface area contributed by atoms with Gasteiger partial charge in [-0.05, 0) is 63.1 Å². The first-order chi connectivity index (χ1) is 14.8. The van der Waals surface area contributed by atoms with E-state index in [-0.39, 0.29) is 17.4 Å². The number of amides is 1. The SMILES string of the molecule is COc1ccc(/C(O)=C2/C(=O)C(=O)N(CCCOC(C)C)C2c2ccccn2)c(C)c1. The third-order valence-corrected chi connectivity index (χ3v) is 5.19. The molecule has 0 aliphatic carbocycles. The molecule has 7 heteroatoms. The molecule has 0 radical (unpaired) electrons. The second-order valence-electron chi connectivity index (χ2n) is 7.70. The fourth-order valence-corrected chi connectivity index (χ4v) is 3.68. The number of pyridine rings is 1. The van der Waals surface area contributed by atoms with Gasteiger partial charge in [-0.25, -0.2) is 0 Å². The van der Waals surface area contributed by atoms with Gasteiger partial charge in [0.1, 0.15) is 17.6 Å². The van der Waals surface area contributed by atoms with Gasteiger partial charge in [-0.2, -0.15) is 0 Å². The third-order valence-electron chi connectivity index (χ3n) is 5.19. The molecule has 0 bridgehead atoms. The zero-order chi connectivity index (χ0) is 22.5. The largest absolute Gasteiger partial charge is 0.507 e. The Bertz CT molecular complexity index is 985. The maximum absolute atomic E-state index is 13.0. The van der Waals surface area contributed by atoms with Gasteiger partial charge in [-0.15, -0.1) is 0 Å².